The van der Waals surface area contributed by atoms with Crippen molar-refractivity contribution in [3.63, 3.8) is 0 Å². The molecule has 0 radical (unpaired) electrons. The van der Waals surface area contributed by atoms with Gasteiger partial charge in [0.2, 0.25) is 11.8 Å². The van der Waals surface area contributed by atoms with Crippen molar-refractivity contribution in [3.8, 4) is 0 Å². The molecule has 214 valence electrons. The zero-order chi connectivity index (χ0) is 28.4. The topological polar surface area (TPSA) is 91.4 Å². The standard InChI is InChI=1S/C31H46N4O3S/c1-6-22-13-14-26-28(17-22)39-30(33-26)19-24(18-29(37)32-5)31(38)34-25(23-11-9-10-12-23)15-16-27(36)21(4)20-35(7-2)8-3/h13-14,17,23-25H,4,6-12,15-16,18-20H2,1-3,5H3,(H,32,37)(H,34,38)/t24-,25+/m0/s1. The lowest BCUT2D eigenvalue weighted by Gasteiger charge is -2.27. The molecule has 0 unspecified atom stereocenters. The molecule has 3 rings (SSSR count). The number of amides is 2. The van der Waals surface area contributed by atoms with Crippen LogP contribution >= 0.6 is 11.3 Å². The number of rotatable bonds is 16. The zero-order valence-corrected chi connectivity index (χ0v) is 25.0. The van der Waals surface area contributed by atoms with Gasteiger partial charge in [-0.25, -0.2) is 4.98 Å². The van der Waals surface area contributed by atoms with Gasteiger partial charge in [0, 0.05) is 44.5 Å². The van der Waals surface area contributed by atoms with Crippen molar-refractivity contribution in [3.05, 3.63) is 40.9 Å². The highest BCUT2D eigenvalue weighted by Crippen LogP contribution is 2.31. The van der Waals surface area contributed by atoms with Gasteiger partial charge in [0.1, 0.15) is 0 Å². The van der Waals surface area contributed by atoms with Crippen molar-refractivity contribution in [1.82, 2.24) is 20.5 Å². The molecule has 1 aromatic carbocycles. The van der Waals surface area contributed by atoms with Gasteiger partial charge in [0.05, 0.1) is 21.1 Å². The fraction of sp³-hybridized carbons (Fsp3) is 0.613. The third kappa shape index (κ3) is 8.97. The number of aromatic nitrogens is 1. The Kier molecular flexibility index (Phi) is 12.1. The number of likely N-dealkylation sites (N-methyl/N-ethyl adjacent to an activating group) is 1. The van der Waals surface area contributed by atoms with Crippen molar-refractivity contribution in [2.24, 2.45) is 11.8 Å². The summed E-state index contributed by atoms with van der Waals surface area (Å²) >= 11 is 1.60. The van der Waals surface area contributed by atoms with Gasteiger partial charge in [-0.2, -0.15) is 0 Å². The van der Waals surface area contributed by atoms with Crippen LogP contribution in [0, 0.1) is 11.8 Å². The van der Waals surface area contributed by atoms with Crippen LogP contribution in [0.4, 0.5) is 0 Å². The SMILES string of the molecule is C=C(CN(CC)CC)C(=O)CC[C@@H](NC(=O)[C@@H](CC(=O)NC)Cc1nc2ccc(CC)cc2s1)C1CCCC1. The minimum absolute atomic E-state index is 0.0713. The Morgan fingerprint density at radius 3 is 2.51 bits per heavy atom. The molecule has 39 heavy (non-hydrogen) atoms. The predicted octanol–water partition coefficient (Wildman–Crippen LogP) is 5.08. The van der Waals surface area contributed by atoms with Crippen molar-refractivity contribution in [1.29, 1.82) is 0 Å². The maximum absolute atomic E-state index is 13.7. The highest BCUT2D eigenvalue weighted by Gasteiger charge is 2.31. The van der Waals surface area contributed by atoms with Crippen molar-refractivity contribution in [2.75, 3.05) is 26.7 Å². The van der Waals surface area contributed by atoms with Crippen LogP contribution in [-0.2, 0) is 27.2 Å². The Morgan fingerprint density at radius 1 is 1.15 bits per heavy atom. The second kappa shape index (κ2) is 15.3. The van der Waals surface area contributed by atoms with E-state index in [0.717, 1.165) is 60.4 Å². The van der Waals surface area contributed by atoms with E-state index >= 15 is 0 Å². The first-order valence-corrected chi connectivity index (χ1v) is 15.4. The van der Waals surface area contributed by atoms with Crippen molar-refractivity contribution in [2.45, 2.75) is 84.6 Å². The molecule has 1 aliphatic carbocycles. The summed E-state index contributed by atoms with van der Waals surface area (Å²) in [6.45, 7) is 12.7. The average molecular weight is 555 g/mol. The fourth-order valence-electron chi connectivity index (χ4n) is 5.47. The molecule has 1 aliphatic rings. The molecular weight excluding hydrogens is 508 g/mol. The quantitative estimate of drug-likeness (QED) is 0.283. The van der Waals surface area contributed by atoms with Crippen molar-refractivity contribution < 1.29 is 14.4 Å². The number of hydrogen-bond donors (Lipinski definition) is 2. The van der Waals surface area contributed by atoms with E-state index in [-0.39, 0.29) is 30.1 Å². The molecule has 1 fully saturated rings. The molecular formula is C31H46N4O3S. The fourth-order valence-corrected chi connectivity index (χ4v) is 6.58. The number of benzene rings is 1. The second-order valence-electron chi connectivity index (χ2n) is 10.7. The van der Waals surface area contributed by atoms with Gasteiger partial charge in [-0.15, -0.1) is 11.3 Å². The zero-order valence-electron chi connectivity index (χ0n) is 24.2. The van der Waals surface area contributed by atoms with Gasteiger partial charge in [0.25, 0.3) is 0 Å². The van der Waals surface area contributed by atoms with E-state index in [1.54, 1.807) is 18.4 Å². The number of ketones is 1. The molecule has 2 amide bonds. The highest BCUT2D eigenvalue weighted by molar-refractivity contribution is 7.18. The number of nitrogens with one attached hydrogen (secondary N) is 2. The van der Waals surface area contributed by atoms with Gasteiger partial charge in [0.15, 0.2) is 5.78 Å². The van der Waals surface area contributed by atoms with Gasteiger partial charge in [-0.05, 0) is 62.4 Å². The Morgan fingerprint density at radius 2 is 1.87 bits per heavy atom. The van der Waals surface area contributed by atoms with Gasteiger partial charge < -0.3 is 10.6 Å². The van der Waals surface area contributed by atoms with Crippen LogP contribution in [0.3, 0.4) is 0 Å². The summed E-state index contributed by atoms with van der Waals surface area (Å²) in [5.41, 5.74) is 2.82. The number of Topliss-reactive ketones (excluding diaryl/α,β-unsaturated/α-hetero) is 1. The Bertz CT molecular complexity index is 1130. The number of aryl methyl sites for hydroxylation is 1. The number of hydrogen-bond acceptors (Lipinski definition) is 6. The monoisotopic (exact) mass is 554 g/mol. The Labute approximate surface area is 237 Å². The van der Waals surface area contributed by atoms with Crippen LogP contribution in [-0.4, -0.2) is 60.2 Å². The molecule has 1 heterocycles. The summed E-state index contributed by atoms with van der Waals surface area (Å²) < 4.78 is 1.11. The number of thiazole rings is 1. The molecule has 0 aliphatic heterocycles. The van der Waals surface area contributed by atoms with Crippen LogP contribution in [0.15, 0.2) is 30.4 Å². The molecule has 0 saturated heterocycles. The van der Waals surface area contributed by atoms with Crippen LogP contribution < -0.4 is 10.6 Å². The van der Waals surface area contributed by atoms with Gasteiger partial charge >= 0.3 is 0 Å². The summed E-state index contributed by atoms with van der Waals surface area (Å²) in [6, 6.07) is 6.19. The molecule has 1 saturated carbocycles. The van der Waals surface area contributed by atoms with Crippen LogP contribution in [0.1, 0.15) is 76.3 Å². The number of nitrogens with zero attached hydrogens (tertiary/aromatic N) is 2. The molecule has 8 heteroatoms. The largest absolute Gasteiger partial charge is 0.359 e. The molecule has 2 aromatic rings. The van der Waals surface area contributed by atoms with E-state index in [1.807, 2.05) is 6.07 Å². The van der Waals surface area contributed by atoms with E-state index in [4.69, 9.17) is 4.98 Å². The maximum Gasteiger partial charge on any atom is 0.224 e. The van der Waals surface area contributed by atoms with Crippen LogP contribution in [0.2, 0.25) is 0 Å². The minimum Gasteiger partial charge on any atom is -0.359 e. The minimum atomic E-state index is -0.520. The first-order chi connectivity index (χ1) is 18.8. The third-order valence-electron chi connectivity index (χ3n) is 8.09. The first-order valence-electron chi connectivity index (χ1n) is 14.6. The summed E-state index contributed by atoms with van der Waals surface area (Å²) in [5, 5.41) is 6.82. The second-order valence-corrected chi connectivity index (χ2v) is 11.8. The van der Waals surface area contributed by atoms with E-state index in [9.17, 15) is 14.4 Å². The van der Waals surface area contributed by atoms with Gasteiger partial charge in [-0.3, -0.25) is 19.3 Å². The van der Waals surface area contributed by atoms with E-state index in [1.165, 1.54) is 5.56 Å². The Hall–Kier alpha value is -2.58. The first kappa shape index (κ1) is 31.0. The molecule has 2 N–H and O–H groups in total. The van der Waals surface area contributed by atoms with E-state index in [0.29, 0.717) is 37.3 Å². The molecule has 2 atom stereocenters. The number of carbonyl (C=O) groups is 3. The highest BCUT2D eigenvalue weighted by atomic mass is 32.1. The van der Waals surface area contributed by atoms with E-state index < -0.39 is 5.92 Å². The molecule has 0 bridgehead atoms. The summed E-state index contributed by atoms with van der Waals surface area (Å²) in [5.74, 6) is -0.382. The lowest BCUT2D eigenvalue weighted by Crippen LogP contribution is -2.44. The number of fused-ring (bicyclic) bond motifs is 1. The predicted molar refractivity (Wildman–Crippen MR) is 160 cm³/mol. The van der Waals surface area contributed by atoms with Crippen molar-refractivity contribution >= 4 is 39.2 Å². The Balaban J connectivity index is 1.71. The average Bonchev–Trinajstić information content (AvgIpc) is 3.62. The third-order valence-corrected chi connectivity index (χ3v) is 9.13. The molecule has 7 nitrogen and oxygen atoms in total. The smallest absolute Gasteiger partial charge is 0.224 e. The van der Waals surface area contributed by atoms with E-state index in [2.05, 4.69) is 55.0 Å². The summed E-state index contributed by atoms with van der Waals surface area (Å²) in [4.78, 5) is 45.9. The summed E-state index contributed by atoms with van der Waals surface area (Å²) in [7, 11) is 1.60. The summed E-state index contributed by atoms with van der Waals surface area (Å²) in [6.07, 6.45) is 6.85. The number of carbonyl (C=O) groups excluding carboxylic acids is 3. The van der Waals surface area contributed by atoms with Crippen LogP contribution in [0.25, 0.3) is 10.2 Å². The normalized spacial score (nSPS) is 15.4. The maximum atomic E-state index is 13.7. The lowest BCUT2D eigenvalue weighted by atomic mass is 9.91. The molecule has 0 spiro atoms. The molecule has 1 aromatic heterocycles. The van der Waals surface area contributed by atoms with Gasteiger partial charge in [-0.1, -0.05) is 46.3 Å². The van der Waals surface area contributed by atoms with Crippen LogP contribution in [0.5, 0.6) is 0 Å². The lowest BCUT2D eigenvalue weighted by molar-refractivity contribution is -0.131.